The quantitative estimate of drug-likeness (QED) is 0.127. The second kappa shape index (κ2) is 14.3. The molecule has 5 rings (SSSR count). The Hall–Kier alpha value is -4.95. The van der Waals surface area contributed by atoms with Crippen molar-refractivity contribution in [3.8, 4) is 17.2 Å². The Morgan fingerprint density at radius 3 is 2.26 bits per heavy atom. The first-order valence-electron chi connectivity index (χ1n) is 14.4. The van der Waals surface area contributed by atoms with Crippen LogP contribution in [-0.2, 0) is 24.4 Å². The van der Waals surface area contributed by atoms with Crippen LogP contribution in [0.5, 0.6) is 5.75 Å². The van der Waals surface area contributed by atoms with Gasteiger partial charge in [0.2, 0.25) is 5.89 Å². The average molecular weight is 579 g/mol. The van der Waals surface area contributed by atoms with Gasteiger partial charge in [-0.15, -0.1) is 0 Å². The Morgan fingerprint density at radius 1 is 0.791 bits per heavy atom. The van der Waals surface area contributed by atoms with E-state index in [1.54, 1.807) is 12.1 Å². The van der Waals surface area contributed by atoms with E-state index in [9.17, 15) is 14.7 Å². The van der Waals surface area contributed by atoms with Crippen molar-refractivity contribution in [1.82, 2.24) is 9.88 Å². The maximum Gasteiger partial charge on any atom is 0.335 e. The van der Waals surface area contributed by atoms with Crippen LogP contribution in [0.1, 0.15) is 46.3 Å². The van der Waals surface area contributed by atoms with Gasteiger partial charge in [-0.3, -0.25) is 9.69 Å². The van der Waals surface area contributed by atoms with Crippen LogP contribution in [0.2, 0.25) is 0 Å². The molecule has 0 atom stereocenters. The highest BCUT2D eigenvalue weighted by Gasteiger charge is 2.12. The van der Waals surface area contributed by atoms with Crippen LogP contribution in [0.25, 0.3) is 22.6 Å². The highest BCUT2D eigenvalue weighted by molar-refractivity contribution is 5.87. The zero-order chi connectivity index (χ0) is 30.0. The molecule has 4 aromatic carbocycles. The summed E-state index contributed by atoms with van der Waals surface area (Å²) >= 11 is 0. The summed E-state index contributed by atoms with van der Waals surface area (Å²) in [5, 5.41) is 18.2. The molecule has 220 valence electrons. The molecule has 0 bridgehead atoms. The van der Waals surface area contributed by atoms with Crippen LogP contribution in [0.4, 0.5) is 0 Å². The maximum atomic E-state index is 11.2. The van der Waals surface area contributed by atoms with Crippen molar-refractivity contribution in [2.24, 2.45) is 0 Å². The molecule has 0 unspecified atom stereocenters. The van der Waals surface area contributed by atoms with E-state index in [-0.39, 0.29) is 12.0 Å². The summed E-state index contributed by atoms with van der Waals surface area (Å²) in [6.45, 7) is 2.54. The van der Waals surface area contributed by atoms with Crippen molar-refractivity contribution in [2.45, 2.75) is 38.8 Å². The number of fused-ring (bicyclic) bond motifs is 1. The highest BCUT2D eigenvalue weighted by Crippen LogP contribution is 2.25. The number of rotatable bonds is 15. The van der Waals surface area contributed by atoms with Crippen molar-refractivity contribution < 1.29 is 29.0 Å². The van der Waals surface area contributed by atoms with Crippen LogP contribution in [0.15, 0.2) is 101 Å². The van der Waals surface area contributed by atoms with Gasteiger partial charge in [0.25, 0.3) is 0 Å². The molecule has 43 heavy (non-hydrogen) atoms. The fourth-order valence-corrected chi connectivity index (χ4v) is 4.92. The summed E-state index contributed by atoms with van der Waals surface area (Å²) < 4.78 is 12.1. The minimum atomic E-state index is -0.951. The van der Waals surface area contributed by atoms with E-state index >= 15 is 0 Å². The number of carboxylic acids is 2. The van der Waals surface area contributed by atoms with Gasteiger partial charge in [0.05, 0.1) is 5.56 Å². The highest BCUT2D eigenvalue weighted by atomic mass is 16.5. The largest absolute Gasteiger partial charge is 0.489 e. The summed E-state index contributed by atoms with van der Waals surface area (Å²) in [6, 6.07) is 30.6. The van der Waals surface area contributed by atoms with Gasteiger partial charge in [-0.2, -0.15) is 0 Å². The van der Waals surface area contributed by atoms with Crippen LogP contribution in [0.3, 0.4) is 0 Å². The second-order valence-electron chi connectivity index (χ2n) is 10.5. The number of hydrogen-bond acceptors (Lipinski definition) is 6. The molecule has 0 saturated carbocycles. The predicted octanol–water partition coefficient (Wildman–Crippen LogP) is 7.07. The van der Waals surface area contributed by atoms with Crippen LogP contribution in [-0.4, -0.2) is 45.1 Å². The molecule has 0 saturated heterocycles. The predicted molar refractivity (Wildman–Crippen MR) is 164 cm³/mol. The molecule has 5 aromatic rings. The van der Waals surface area contributed by atoms with Gasteiger partial charge in [-0.1, -0.05) is 54.6 Å². The van der Waals surface area contributed by atoms with Crippen LogP contribution >= 0.6 is 0 Å². The number of para-hydroxylation sites is 3. The minimum absolute atomic E-state index is 0.146. The summed E-state index contributed by atoms with van der Waals surface area (Å²) in [7, 11) is 0. The van der Waals surface area contributed by atoms with E-state index < -0.39 is 11.9 Å². The third kappa shape index (κ3) is 8.30. The lowest BCUT2D eigenvalue weighted by Gasteiger charge is -2.23. The summed E-state index contributed by atoms with van der Waals surface area (Å²) in [4.78, 5) is 29.0. The first-order valence-corrected chi connectivity index (χ1v) is 14.4. The molecule has 2 N–H and O–H groups in total. The average Bonchev–Trinajstić information content (AvgIpc) is 3.46. The van der Waals surface area contributed by atoms with Gasteiger partial charge in [0.1, 0.15) is 17.9 Å². The Kier molecular flexibility index (Phi) is 9.82. The molecule has 0 aliphatic rings. The molecule has 0 aliphatic carbocycles. The van der Waals surface area contributed by atoms with E-state index in [0.717, 1.165) is 65.0 Å². The van der Waals surface area contributed by atoms with Gasteiger partial charge in [0, 0.05) is 25.1 Å². The zero-order valence-electron chi connectivity index (χ0n) is 23.8. The van der Waals surface area contributed by atoms with Gasteiger partial charge in [0.15, 0.2) is 5.58 Å². The molecule has 0 fully saturated rings. The van der Waals surface area contributed by atoms with E-state index in [1.165, 1.54) is 0 Å². The smallest absolute Gasteiger partial charge is 0.335 e. The Morgan fingerprint density at radius 2 is 1.51 bits per heavy atom. The van der Waals surface area contributed by atoms with Crippen LogP contribution in [0, 0.1) is 0 Å². The lowest BCUT2D eigenvalue weighted by atomic mass is 10.1. The lowest BCUT2D eigenvalue weighted by Crippen LogP contribution is -2.27. The standard InChI is InChI=1S/C35H34N2O6/c38-33(39)11-5-6-21-37(23-25-12-18-29(19-13-25)35(40)41)22-20-27-7-1-3-9-31(27)42-24-26-14-16-28(17-15-26)34-36-30-8-2-4-10-32(30)43-34/h1-4,7-10,12-19H,5-6,11,20-24H2,(H,38,39)(H,40,41). The topological polar surface area (TPSA) is 113 Å². The van der Waals surface area contributed by atoms with Crippen LogP contribution < -0.4 is 4.74 Å². The Bertz CT molecular complexity index is 1630. The molecule has 1 heterocycles. The maximum absolute atomic E-state index is 11.2. The third-order valence-electron chi connectivity index (χ3n) is 7.28. The van der Waals surface area contributed by atoms with Gasteiger partial charge in [-0.05, 0) is 85.0 Å². The number of aliphatic carboxylic acids is 1. The number of hydrogen-bond donors (Lipinski definition) is 2. The first kappa shape index (κ1) is 29.5. The molecule has 8 heteroatoms. The number of ether oxygens (including phenoxy) is 1. The first-order chi connectivity index (χ1) is 20.9. The number of unbranched alkanes of at least 4 members (excludes halogenated alkanes) is 1. The molecule has 0 aliphatic heterocycles. The van der Waals surface area contributed by atoms with Crippen molar-refractivity contribution in [1.29, 1.82) is 0 Å². The van der Waals surface area contributed by atoms with Crippen molar-refractivity contribution in [3.63, 3.8) is 0 Å². The number of aromatic carboxylic acids is 1. The third-order valence-corrected chi connectivity index (χ3v) is 7.28. The number of benzene rings is 4. The molecule has 8 nitrogen and oxygen atoms in total. The zero-order valence-corrected chi connectivity index (χ0v) is 23.8. The molecule has 0 radical (unpaired) electrons. The SMILES string of the molecule is O=C(O)CCCCN(CCc1ccccc1OCc1ccc(-c2nc3ccccc3o2)cc1)Cc1ccc(C(=O)O)cc1. The van der Waals surface area contributed by atoms with Gasteiger partial charge in [-0.25, -0.2) is 9.78 Å². The fraction of sp³-hybridized carbons (Fsp3) is 0.229. The molecular formula is C35H34N2O6. The Labute approximate surface area is 250 Å². The normalized spacial score (nSPS) is 11.2. The number of nitrogens with zero attached hydrogens (tertiary/aromatic N) is 2. The molecule has 0 spiro atoms. The fourth-order valence-electron chi connectivity index (χ4n) is 4.92. The number of oxazole rings is 1. The number of aromatic nitrogens is 1. The summed E-state index contributed by atoms with van der Waals surface area (Å²) in [6.07, 6.45) is 2.26. The molecule has 1 aromatic heterocycles. The van der Waals surface area contributed by atoms with Gasteiger partial charge < -0.3 is 19.4 Å². The number of carboxylic acid groups (broad SMARTS) is 2. The van der Waals surface area contributed by atoms with E-state index in [4.69, 9.17) is 14.3 Å². The number of carbonyl (C=O) groups is 2. The summed E-state index contributed by atoms with van der Waals surface area (Å²) in [5.74, 6) is -0.331. The van der Waals surface area contributed by atoms with E-state index in [1.807, 2.05) is 78.9 Å². The summed E-state index contributed by atoms with van der Waals surface area (Å²) in [5.41, 5.74) is 5.87. The van der Waals surface area contributed by atoms with Crippen molar-refractivity contribution in [3.05, 3.63) is 119 Å². The van der Waals surface area contributed by atoms with Crippen molar-refractivity contribution >= 4 is 23.0 Å². The van der Waals surface area contributed by atoms with Crippen molar-refractivity contribution in [2.75, 3.05) is 13.1 Å². The monoisotopic (exact) mass is 578 g/mol. The van der Waals surface area contributed by atoms with E-state index in [2.05, 4.69) is 16.0 Å². The molecule has 0 amide bonds. The Balaban J connectivity index is 1.20. The lowest BCUT2D eigenvalue weighted by molar-refractivity contribution is -0.137. The van der Waals surface area contributed by atoms with Gasteiger partial charge >= 0.3 is 11.9 Å². The van der Waals surface area contributed by atoms with E-state index in [0.29, 0.717) is 25.5 Å². The molecular weight excluding hydrogens is 544 g/mol. The minimum Gasteiger partial charge on any atom is -0.489 e. The second-order valence-corrected chi connectivity index (χ2v) is 10.5.